The maximum Gasteiger partial charge on any atom is 0.264 e. The van der Waals surface area contributed by atoms with Gasteiger partial charge in [0, 0.05) is 38.8 Å². The van der Waals surface area contributed by atoms with Crippen molar-refractivity contribution in [2.75, 3.05) is 20.3 Å². The first kappa shape index (κ1) is 16.2. The lowest BCUT2D eigenvalue weighted by molar-refractivity contribution is -0.121. The Balaban J connectivity index is 2.00. The zero-order valence-electron chi connectivity index (χ0n) is 13.1. The fraction of sp³-hybridized carbons (Fsp3) is 0.533. The normalized spacial score (nSPS) is 11.0. The third-order valence-corrected chi connectivity index (χ3v) is 3.58. The molecule has 2 aromatic rings. The number of methoxy groups -OCH3 is 1. The predicted octanol–water partition coefficient (Wildman–Crippen LogP) is 1.15. The Labute approximate surface area is 128 Å². The molecule has 1 N–H and O–H groups in total. The fourth-order valence-corrected chi connectivity index (χ4v) is 2.18. The van der Waals surface area contributed by atoms with E-state index in [2.05, 4.69) is 10.3 Å². The van der Waals surface area contributed by atoms with Crippen molar-refractivity contribution in [1.82, 2.24) is 14.9 Å². The monoisotopic (exact) mass is 307 g/mol. The van der Waals surface area contributed by atoms with Crippen LogP contribution in [0.1, 0.15) is 24.2 Å². The van der Waals surface area contributed by atoms with Crippen molar-refractivity contribution in [3.8, 4) is 0 Å². The van der Waals surface area contributed by atoms with Crippen LogP contribution in [0.4, 0.5) is 0 Å². The van der Waals surface area contributed by atoms with E-state index in [4.69, 9.17) is 9.15 Å². The summed E-state index contributed by atoms with van der Waals surface area (Å²) in [4.78, 5) is 28.2. The summed E-state index contributed by atoms with van der Waals surface area (Å²) in [5.41, 5.74) is 0.970. The summed E-state index contributed by atoms with van der Waals surface area (Å²) in [6.07, 6.45) is 2.42. The second kappa shape index (κ2) is 7.22. The number of carbonyl (C=O) groups is 1. The molecule has 1 amide bonds. The van der Waals surface area contributed by atoms with Crippen LogP contribution in [0, 0.1) is 13.8 Å². The van der Waals surface area contributed by atoms with Crippen LogP contribution in [-0.2, 0) is 16.1 Å². The Kier molecular flexibility index (Phi) is 5.32. The number of hydrogen-bond donors (Lipinski definition) is 1. The van der Waals surface area contributed by atoms with Crippen LogP contribution >= 0.6 is 0 Å². The number of hydrogen-bond acceptors (Lipinski definition) is 5. The maximum atomic E-state index is 12.4. The Morgan fingerprint density at radius 3 is 2.95 bits per heavy atom. The molecule has 0 bridgehead atoms. The zero-order chi connectivity index (χ0) is 16.1. The van der Waals surface area contributed by atoms with E-state index in [-0.39, 0.29) is 17.9 Å². The van der Waals surface area contributed by atoms with Gasteiger partial charge in [0.1, 0.15) is 17.5 Å². The van der Waals surface area contributed by atoms with Crippen molar-refractivity contribution in [3.05, 3.63) is 28.0 Å². The van der Waals surface area contributed by atoms with Crippen LogP contribution in [0.15, 0.2) is 15.5 Å². The van der Waals surface area contributed by atoms with Crippen molar-refractivity contribution in [2.45, 2.75) is 33.2 Å². The Bertz CT molecular complexity index is 717. The number of furan rings is 1. The summed E-state index contributed by atoms with van der Waals surface area (Å²) in [5, 5.41) is 3.27. The molecule has 2 aromatic heterocycles. The second-order valence-corrected chi connectivity index (χ2v) is 5.15. The fourth-order valence-electron chi connectivity index (χ4n) is 2.18. The van der Waals surface area contributed by atoms with Gasteiger partial charge in [0.15, 0.2) is 0 Å². The Morgan fingerprint density at radius 2 is 2.23 bits per heavy atom. The lowest BCUT2D eigenvalue weighted by atomic mass is 10.2. The van der Waals surface area contributed by atoms with Crippen LogP contribution in [0.5, 0.6) is 0 Å². The second-order valence-electron chi connectivity index (χ2n) is 5.15. The van der Waals surface area contributed by atoms with Gasteiger partial charge in [0.05, 0.1) is 0 Å². The van der Waals surface area contributed by atoms with E-state index in [1.807, 2.05) is 6.92 Å². The summed E-state index contributed by atoms with van der Waals surface area (Å²) >= 11 is 0. The SMILES string of the molecule is COCCCNC(=O)CCn1cnc2oc(C)c(C)c2c1=O. The Hall–Kier alpha value is -2.15. The maximum absolute atomic E-state index is 12.4. The molecule has 0 saturated heterocycles. The van der Waals surface area contributed by atoms with E-state index in [1.165, 1.54) is 10.9 Å². The van der Waals surface area contributed by atoms with Gasteiger partial charge >= 0.3 is 0 Å². The smallest absolute Gasteiger partial charge is 0.264 e. The molecule has 0 unspecified atom stereocenters. The summed E-state index contributed by atoms with van der Waals surface area (Å²) in [5.74, 6) is 0.594. The molecule has 0 spiro atoms. The number of fused-ring (bicyclic) bond motifs is 1. The molecule has 0 fully saturated rings. The first-order valence-electron chi connectivity index (χ1n) is 7.25. The van der Waals surface area contributed by atoms with Crippen molar-refractivity contribution in [1.29, 1.82) is 0 Å². The molecule has 0 aliphatic carbocycles. The minimum absolute atomic E-state index is 0.0943. The van der Waals surface area contributed by atoms with Crippen LogP contribution in [0.25, 0.3) is 11.1 Å². The van der Waals surface area contributed by atoms with Crippen molar-refractivity contribution >= 4 is 17.0 Å². The number of ether oxygens (including phenoxy) is 1. The van der Waals surface area contributed by atoms with Crippen molar-refractivity contribution in [2.24, 2.45) is 0 Å². The van der Waals surface area contributed by atoms with E-state index in [1.54, 1.807) is 14.0 Å². The van der Waals surface area contributed by atoms with E-state index >= 15 is 0 Å². The number of carbonyl (C=O) groups excluding carboxylic acids is 1. The predicted molar refractivity (Wildman–Crippen MR) is 81.9 cm³/mol. The molecule has 7 heteroatoms. The standard InChI is InChI=1S/C15H21N3O4/c1-10-11(2)22-14-13(10)15(20)18(9-17-14)7-5-12(19)16-6-4-8-21-3/h9H,4-8H2,1-3H3,(H,16,19). The highest BCUT2D eigenvalue weighted by Gasteiger charge is 2.14. The Morgan fingerprint density at radius 1 is 1.45 bits per heavy atom. The highest BCUT2D eigenvalue weighted by Crippen LogP contribution is 2.18. The third kappa shape index (κ3) is 3.54. The van der Waals surface area contributed by atoms with Gasteiger partial charge in [-0.1, -0.05) is 0 Å². The molecule has 0 aromatic carbocycles. The average Bonchev–Trinajstić information content (AvgIpc) is 2.79. The van der Waals surface area contributed by atoms with Crippen LogP contribution in [0.3, 0.4) is 0 Å². The van der Waals surface area contributed by atoms with Gasteiger partial charge in [-0.3, -0.25) is 14.2 Å². The van der Waals surface area contributed by atoms with Crippen LogP contribution in [-0.4, -0.2) is 35.7 Å². The van der Waals surface area contributed by atoms with Gasteiger partial charge in [-0.15, -0.1) is 0 Å². The number of rotatable bonds is 7. The van der Waals surface area contributed by atoms with Gasteiger partial charge in [0.25, 0.3) is 5.56 Å². The van der Waals surface area contributed by atoms with Crippen LogP contribution in [0.2, 0.25) is 0 Å². The van der Waals surface area contributed by atoms with Gasteiger partial charge in [-0.05, 0) is 20.3 Å². The lowest BCUT2D eigenvalue weighted by Gasteiger charge is -2.06. The molecular weight excluding hydrogens is 286 g/mol. The quantitative estimate of drug-likeness (QED) is 0.775. The molecule has 0 radical (unpaired) electrons. The van der Waals surface area contributed by atoms with Crippen LogP contribution < -0.4 is 10.9 Å². The van der Waals surface area contributed by atoms with Crippen molar-refractivity contribution in [3.63, 3.8) is 0 Å². The molecule has 7 nitrogen and oxygen atoms in total. The van der Waals surface area contributed by atoms with E-state index in [9.17, 15) is 9.59 Å². The highest BCUT2D eigenvalue weighted by molar-refractivity contribution is 5.77. The van der Waals surface area contributed by atoms with Gasteiger partial charge in [-0.25, -0.2) is 4.98 Å². The van der Waals surface area contributed by atoms with E-state index in [0.717, 1.165) is 12.0 Å². The first-order valence-corrected chi connectivity index (χ1v) is 7.25. The number of nitrogens with zero attached hydrogens (tertiary/aromatic N) is 2. The van der Waals surface area contributed by atoms with E-state index < -0.39 is 0 Å². The van der Waals surface area contributed by atoms with Gasteiger partial charge in [0.2, 0.25) is 11.6 Å². The summed E-state index contributed by atoms with van der Waals surface area (Å²) < 4.78 is 11.8. The third-order valence-electron chi connectivity index (χ3n) is 3.58. The largest absolute Gasteiger partial charge is 0.443 e. The molecule has 0 saturated carbocycles. The number of aromatic nitrogens is 2. The highest BCUT2D eigenvalue weighted by atomic mass is 16.5. The average molecular weight is 307 g/mol. The van der Waals surface area contributed by atoms with E-state index in [0.29, 0.717) is 36.6 Å². The molecular formula is C15H21N3O4. The summed E-state index contributed by atoms with van der Waals surface area (Å²) in [6.45, 7) is 5.10. The molecule has 120 valence electrons. The zero-order valence-corrected chi connectivity index (χ0v) is 13.1. The lowest BCUT2D eigenvalue weighted by Crippen LogP contribution is -2.28. The summed E-state index contributed by atoms with van der Waals surface area (Å²) in [6, 6.07) is 0. The molecule has 2 rings (SSSR count). The number of amides is 1. The molecule has 2 heterocycles. The van der Waals surface area contributed by atoms with Crippen molar-refractivity contribution < 1.29 is 13.9 Å². The van der Waals surface area contributed by atoms with Gasteiger partial charge in [-0.2, -0.15) is 0 Å². The molecule has 22 heavy (non-hydrogen) atoms. The minimum atomic E-state index is -0.175. The molecule has 0 aliphatic heterocycles. The number of aryl methyl sites for hydroxylation is 3. The van der Waals surface area contributed by atoms with Gasteiger partial charge < -0.3 is 14.5 Å². The summed E-state index contributed by atoms with van der Waals surface area (Å²) in [7, 11) is 1.62. The first-order chi connectivity index (χ1) is 10.5. The molecule has 0 atom stereocenters. The molecule has 0 aliphatic rings. The number of nitrogens with one attached hydrogen (secondary N) is 1. The topological polar surface area (TPSA) is 86.4 Å². The minimum Gasteiger partial charge on any atom is -0.443 e.